The first-order valence-corrected chi connectivity index (χ1v) is 9.12. The Kier molecular flexibility index (Phi) is 5.92. The van der Waals surface area contributed by atoms with Crippen LogP contribution in [0.15, 0.2) is 34.8 Å². The van der Waals surface area contributed by atoms with Crippen LogP contribution in [0, 0.1) is 0 Å². The Labute approximate surface area is 129 Å². The summed E-state index contributed by atoms with van der Waals surface area (Å²) < 4.78 is 29.1. The van der Waals surface area contributed by atoms with Crippen molar-refractivity contribution in [3.63, 3.8) is 0 Å². The second-order valence-corrected chi connectivity index (χ2v) is 7.76. The van der Waals surface area contributed by atoms with E-state index in [4.69, 9.17) is 0 Å². The van der Waals surface area contributed by atoms with E-state index in [1.54, 1.807) is 16.9 Å². The molecule has 0 aliphatic rings. The van der Waals surface area contributed by atoms with Crippen LogP contribution in [0.3, 0.4) is 0 Å². The number of thiophene rings is 1. The molecule has 2 aromatic heterocycles. The molecule has 2 rings (SSSR count). The van der Waals surface area contributed by atoms with Gasteiger partial charge in [-0.3, -0.25) is 4.68 Å². The highest BCUT2D eigenvalue weighted by atomic mass is 32.2. The van der Waals surface area contributed by atoms with Crippen LogP contribution in [0.25, 0.3) is 0 Å². The van der Waals surface area contributed by atoms with Crippen LogP contribution in [-0.2, 0) is 23.0 Å². The Balaban J connectivity index is 1.82. The van der Waals surface area contributed by atoms with Gasteiger partial charge < -0.3 is 5.32 Å². The second-order valence-electron chi connectivity index (χ2n) is 4.59. The molecule has 2 heterocycles. The van der Waals surface area contributed by atoms with Crippen LogP contribution in [-0.4, -0.2) is 38.3 Å². The lowest BCUT2D eigenvalue weighted by atomic mass is 10.3. The molecule has 0 aliphatic heterocycles. The van der Waals surface area contributed by atoms with Crippen molar-refractivity contribution in [2.75, 3.05) is 20.1 Å². The van der Waals surface area contributed by atoms with Crippen LogP contribution in [0.2, 0.25) is 0 Å². The number of hydrogen-bond donors (Lipinski definition) is 2. The highest BCUT2D eigenvalue weighted by Crippen LogP contribution is 2.21. The Morgan fingerprint density at radius 1 is 1.33 bits per heavy atom. The van der Waals surface area contributed by atoms with Gasteiger partial charge in [-0.05, 0) is 44.6 Å². The van der Waals surface area contributed by atoms with Crippen molar-refractivity contribution in [2.45, 2.75) is 23.6 Å². The monoisotopic (exact) mass is 328 g/mol. The maximum absolute atomic E-state index is 12.1. The van der Waals surface area contributed by atoms with Gasteiger partial charge in [-0.2, -0.15) is 5.10 Å². The number of nitrogens with zero attached hydrogens (tertiary/aromatic N) is 2. The number of sulfonamides is 1. The summed E-state index contributed by atoms with van der Waals surface area (Å²) in [7, 11) is -1.51. The number of aromatic nitrogens is 2. The van der Waals surface area contributed by atoms with Crippen molar-refractivity contribution in [1.82, 2.24) is 19.8 Å². The first-order valence-electron chi connectivity index (χ1n) is 6.82. The molecule has 116 valence electrons. The Hall–Kier alpha value is -1.22. The van der Waals surface area contributed by atoms with Gasteiger partial charge in [0.1, 0.15) is 4.21 Å². The predicted octanol–water partition coefficient (Wildman–Crippen LogP) is 1.08. The minimum absolute atomic E-state index is 0.382. The lowest BCUT2D eigenvalue weighted by Crippen LogP contribution is -2.24. The maximum atomic E-state index is 12.1. The van der Waals surface area contributed by atoms with Gasteiger partial charge >= 0.3 is 0 Å². The molecule has 8 heteroatoms. The highest BCUT2D eigenvalue weighted by Gasteiger charge is 2.15. The lowest BCUT2D eigenvalue weighted by Gasteiger charge is -2.05. The summed E-state index contributed by atoms with van der Waals surface area (Å²) in [5, 5.41) is 7.13. The molecule has 2 N–H and O–H groups in total. The average Bonchev–Trinajstić information content (AvgIpc) is 3.13. The third-order valence-corrected chi connectivity index (χ3v) is 6.04. The quantitative estimate of drug-likeness (QED) is 0.675. The molecule has 0 saturated heterocycles. The minimum Gasteiger partial charge on any atom is -0.319 e. The molecule has 6 nitrogen and oxygen atoms in total. The second kappa shape index (κ2) is 7.69. The van der Waals surface area contributed by atoms with Crippen molar-refractivity contribution < 1.29 is 8.42 Å². The van der Waals surface area contributed by atoms with Crippen molar-refractivity contribution in [3.05, 3.63) is 35.5 Å². The number of nitrogens with one attached hydrogen (secondary N) is 2. The van der Waals surface area contributed by atoms with Crippen LogP contribution >= 0.6 is 11.3 Å². The summed E-state index contributed by atoms with van der Waals surface area (Å²) in [5.41, 5.74) is 0. The van der Waals surface area contributed by atoms with E-state index in [2.05, 4.69) is 15.1 Å². The molecule has 0 spiro atoms. The standard InChI is InChI=1S/C13H20N4O2S2/c1-14-9-6-12-4-5-13(20-12)21(18,19)16-8-3-11-17-10-2-7-15-17/h2,4-5,7,10,14,16H,3,6,8-9,11H2,1H3. The van der Waals surface area contributed by atoms with E-state index in [1.807, 2.05) is 25.4 Å². The first-order chi connectivity index (χ1) is 10.1. The van der Waals surface area contributed by atoms with E-state index >= 15 is 0 Å². The third-order valence-electron chi connectivity index (χ3n) is 2.94. The van der Waals surface area contributed by atoms with E-state index in [1.165, 1.54) is 11.3 Å². The molecular formula is C13H20N4O2S2. The number of aryl methyl sites for hydroxylation is 1. The van der Waals surface area contributed by atoms with Crippen molar-refractivity contribution in [1.29, 1.82) is 0 Å². The summed E-state index contributed by atoms with van der Waals surface area (Å²) in [6.07, 6.45) is 5.12. The summed E-state index contributed by atoms with van der Waals surface area (Å²) in [4.78, 5) is 1.07. The van der Waals surface area contributed by atoms with Gasteiger partial charge in [-0.1, -0.05) is 0 Å². The summed E-state index contributed by atoms with van der Waals surface area (Å²) in [5.74, 6) is 0. The highest BCUT2D eigenvalue weighted by molar-refractivity contribution is 7.91. The van der Waals surface area contributed by atoms with E-state index in [0.717, 1.165) is 17.8 Å². The topological polar surface area (TPSA) is 76.0 Å². The van der Waals surface area contributed by atoms with Crippen molar-refractivity contribution in [2.24, 2.45) is 0 Å². The van der Waals surface area contributed by atoms with Gasteiger partial charge in [0.15, 0.2) is 0 Å². The average molecular weight is 328 g/mol. The van der Waals surface area contributed by atoms with Crippen LogP contribution in [0.4, 0.5) is 0 Å². The van der Waals surface area contributed by atoms with Gasteiger partial charge in [0.25, 0.3) is 0 Å². The zero-order valence-corrected chi connectivity index (χ0v) is 13.6. The number of likely N-dealkylation sites (N-methyl/N-ethyl adjacent to an activating group) is 1. The largest absolute Gasteiger partial charge is 0.319 e. The van der Waals surface area contributed by atoms with E-state index in [-0.39, 0.29) is 0 Å². The lowest BCUT2D eigenvalue weighted by molar-refractivity contribution is 0.554. The number of rotatable bonds is 9. The molecule has 0 radical (unpaired) electrons. The van der Waals surface area contributed by atoms with E-state index in [9.17, 15) is 8.42 Å². The van der Waals surface area contributed by atoms with Gasteiger partial charge in [-0.25, -0.2) is 13.1 Å². The van der Waals surface area contributed by atoms with E-state index in [0.29, 0.717) is 23.7 Å². The molecule has 0 fully saturated rings. The molecule has 0 saturated carbocycles. The summed E-state index contributed by atoms with van der Waals surface area (Å²) in [6.45, 7) is 1.95. The fraction of sp³-hybridized carbons (Fsp3) is 0.462. The minimum atomic E-state index is -3.39. The SMILES string of the molecule is CNCCc1ccc(S(=O)(=O)NCCCn2cccn2)s1. The molecule has 0 amide bonds. The fourth-order valence-electron chi connectivity index (χ4n) is 1.84. The zero-order valence-electron chi connectivity index (χ0n) is 11.9. The molecule has 0 aromatic carbocycles. The Bertz CT molecular complexity index is 635. The molecule has 0 aliphatic carbocycles. The molecular weight excluding hydrogens is 308 g/mol. The van der Waals surface area contributed by atoms with Crippen molar-refractivity contribution >= 4 is 21.4 Å². The Morgan fingerprint density at radius 2 is 2.19 bits per heavy atom. The molecule has 0 atom stereocenters. The predicted molar refractivity (Wildman–Crippen MR) is 84.0 cm³/mol. The first kappa shape index (κ1) is 16.2. The smallest absolute Gasteiger partial charge is 0.250 e. The normalized spacial score (nSPS) is 11.9. The van der Waals surface area contributed by atoms with Gasteiger partial charge in [0.05, 0.1) is 0 Å². The van der Waals surface area contributed by atoms with E-state index < -0.39 is 10.0 Å². The molecule has 2 aromatic rings. The fourth-order valence-corrected chi connectivity index (χ4v) is 4.31. The Morgan fingerprint density at radius 3 is 2.90 bits per heavy atom. The molecule has 21 heavy (non-hydrogen) atoms. The summed E-state index contributed by atoms with van der Waals surface area (Å²) in [6, 6.07) is 5.40. The third kappa shape index (κ3) is 4.92. The van der Waals surface area contributed by atoms with Gasteiger partial charge in [0, 0.05) is 30.4 Å². The van der Waals surface area contributed by atoms with Gasteiger partial charge in [0.2, 0.25) is 10.0 Å². The maximum Gasteiger partial charge on any atom is 0.250 e. The molecule has 0 bridgehead atoms. The number of hydrogen-bond acceptors (Lipinski definition) is 5. The van der Waals surface area contributed by atoms with Crippen molar-refractivity contribution in [3.8, 4) is 0 Å². The van der Waals surface area contributed by atoms with Gasteiger partial charge in [-0.15, -0.1) is 11.3 Å². The van der Waals surface area contributed by atoms with Crippen LogP contribution in [0.5, 0.6) is 0 Å². The van der Waals surface area contributed by atoms with Crippen LogP contribution in [0.1, 0.15) is 11.3 Å². The van der Waals surface area contributed by atoms with Crippen LogP contribution < -0.4 is 10.0 Å². The zero-order chi connectivity index (χ0) is 15.1. The summed E-state index contributed by atoms with van der Waals surface area (Å²) >= 11 is 1.33. The molecule has 0 unspecified atom stereocenters.